The van der Waals surface area contributed by atoms with Gasteiger partial charge in [-0.3, -0.25) is 14.9 Å². The third-order valence-electron chi connectivity index (χ3n) is 3.21. The first-order chi connectivity index (χ1) is 8.47. The molecule has 0 spiro atoms. The summed E-state index contributed by atoms with van der Waals surface area (Å²) in [6, 6.07) is 4.53. The first-order valence-corrected chi connectivity index (χ1v) is 5.82. The van der Waals surface area contributed by atoms with E-state index < -0.39 is 10.8 Å². The molecule has 3 N–H and O–H groups in total. The van der Waals surface area contributed by atoms with Crippen LogP contribution in [0, 0.1) is 16.0 Å². The lowest BCUT2D eigenvalue weighted by atomic mass is 9.82. The third-order valence-corrected chi connectivity index (χ3v) is 3.21. The number of nitrogens with two attached hydrogens (primary N) is 1. The number of carbonyl (C=O) groups excluding carboxylic acids is 1. The minimum absolute atomic E-state index is 0.106. The van der Waals surface area contributed by atoms with Crippen LogP contribution in [-0.2, 0) is 0 Å². The number of nitrogens with one attached hydrogen (secondary N) is 1. The number of hydrogen-bond acceptors (Lipinski definition) is 4. The Morgan fingerprint density at radius 1 is 1.50 bits per heavy atom. The second kappa shape index (κ2) is 4.64. The average Bonchev–Trinajstić information content (AvgIpc) is 2.26. The molecule has 1 fully saturated rings. The smallest absolute Gasteiger partial charge is 0.293 e. The van der Waals surface area contributed by atoms with Gasteiger partial charge in [-0.05, 0) is 30.9 Å². The van der Waals surface area contributed by atoms with Crippen molar-refractivity contribution in [2.45, 2.75) is 25.8 Å². The Morgan fingerprint density at radius 2 is 2.17 bits per heavy atom. The maximum absolute atomic E-state index is 11.0. The van der Waals surface area contributed by atoms with Gasteiger partial charge >= 0.3 is 0 Å². The maximum Gasteiger partial charge on any atom is 0.293 e. The molecule has 1 aromatic carbocycles. The van der Waals surface area contributed by atoms with E-state index in [2.05, 4.69) is 12.2 Å². The monoisotopic (exact) mass is 249 g/mol. The number of rotatable bonds is 4. The average molecular weight is 249 g/mol. The summed E-state index contributed by atoms with van der Waals surface area (Å²) in [5.74, 6) is -0.00614. The Kier molecular flexibility index (Phi) is 3.18. The zero-order valence-electron chi connectivity index (χ0n) is 10.1. The molecule has 0 bridgehead atoms. The fraction of sp³-hybridized carbons (Fsp3) is 0.417. The summed E-state index contributed by atoms with van der Waals surface area (Å²) >= 11 is 0. The molecule has 18 heavy (non-hydrogen) atoms. The number of carbonyl (C=O) groups is 1. The van der Waals surface area contributed by atoms with Gasteiger partial charge in [0.15, 0.2) is 0 Å². The van der Waals surface area contributed by atoms with Crippen LogP contribution >= 0.6 is 0 Å². The fourth-order valence-electron chi connectivity index (χ4n) is 2.20. The predicted molar refractivity (Wildman–Crippen MR) is 67.4 cm³/mol. The highest BCUT2D eigenvalue weighted by Crippen LogP contribution is 2.33. The normalized spacial score (nSPS) is 22.1. The lowest BCUT2D eigenvalue weighted by molar-refractivity contribution is -0.384. The van der Waals surface area contributed by atoms with Crippen LogP contribution in [0.3, 0.4) is 0 Å². The van der Waals surface area contributed by atoms with E-state index in [1.54, 1.807) is 6.07 Å². The van der Waals surface area contributed by atoms with Crippen molar-refractivity contribution in [3.63, 3.8) is 0 Å². The summed E-state index contributed by atoms with van der Waals surface area (Å²) in [7, 11) is 0. The Hall–Kier alpha value is -2.11. The van der Waals surface area contributed by atoms with Gasteiger partial charge in [0.25, 0.3) is 5.69 Å². The van der Waals surface area contributed by atoms with Crippen LogP contribution in [0.4, 0.5) is 11.4 Å². The topological polar surface area (TPSA) is 98.3 Å². The predicted octanol–water partition coefficient (Wildman–Crippen LogP) is 1.90. The molecule has 2 rings (SSSR count). The molecule has 0 heterocycles. The van der Waals surface area contributed by atoms with Gasteiger partial charge in [-0.15, -0.1) is 0 Å². The number of nitrogens with zero attached hydrogens (tertiary/aromatic N) is 1. The molecule has 1 saturated carbocycles. The summed E-state index contributed by atoms with van der Waals surface area (Å²) in [4.78, 5) is 21.5. The molecule has 0 aromatic heterocycles. The van der Waals surface area contributed by atoms with Crippen LogP contribution in [0.25, 0.3) is 0 Å². The van der Waals surface area contributed by atoms with E-state index in [-0.39, 0.29) is 17.3 Å². The van der Waals surface area contributed by atoms with E-state index in [1.807, 2.05) is 0 Å². The number of benzene rings is 1. The standard InChI is InChI=1S/C12H15N3O3/c1-7-4-9(5-7)14-10-3-2-8(12(13)16)6-11(10)15(17)18/h2-3,6-7,9,14H,4-5H2,1H3,(H2,13,16). The van der Waals surface area contributed by atoms with Crippen LogP contribution in [0.1, 0.15) is 30.1 Å². The highest BCUT2D eigenvalue weighted by atomic mass is 16.6. The fourth-order valence-corrected chi connectivity index (χ4v) is 2.20. The number of nitro benzene ring substituents is 1. The molecule has 1 amide bonds. The SMILES string of the molecule is CC1CC(Nc2ccc(C(N)=O)cc2[N+](=O)[O-])C1. The number of amides is 1. The summed E-state index contributed by atoms with van der Waals surface area (Å²) in [6.07, 6.45) is 2.02. The van der Waals surface area contributed by atoms with Crippen LogP contribution < -0.4 is 11.1 Å². The van der Waals surface area contributed by atoms with Gasteiger partial charge in [-0.1, -0.05) is 6.92 Å². The summed E-state index contributed by atoms with van der Waals surface area (Å²) in [5.41, 5.74) is 5.60. The van der Waals surface area contributed by atoms with E-state index in [4.69, 9.17) is 5.73 Å². The first-order valence-electron chi connectivity index (χ1n) is 5.82. The number of anilines is 1. The van der Waals surface area contributed by atoms with Crippen LogP contribution in [0.5, 0.6) is 0 Å². The van der Waals surface area contributed by atoms with Gasteiger partial charge in [0, 0.05) is 17.7 Å². The van der Waals surface area contributed by atoms with Gasteiger partial charge in [0.05, 0.1) is 4.92 Å². The Balaban J connectivity index is 2.23. The summed E-state index contributed by atoms with van der Waals surface area (Å²) in [6.45, 7) is 2.14. The molecule has 0 saturated heterocycles. The van der Waals surface area contributed by atoms with Crippen molar-refractivity contribution in [1.82, 2.24) is 0 Å². The summed E-state index contributed by atoms with van der Waals surface area (Å²) in [5, 5.41) is 14.1. The molecule has 6 nitrogen and oxygen atoms in total. The van der Waals surface area contributed by atoms with Crippen molar-refractivity contribution in [2.24, 2.45) is 11.7 Å². The molecule has 1 aliphatic rings. The van der Waals surface area contributed by atoms with Crippen molar-refractivity contribution < 1.29 is 9.72 Å². The molecule has 1 aromatic rings. The molecule has 0 aliphatic heterocycles. The molecule has 0 unspecified atom stereocenters. The van der Waals surface area contributed by atoms with Gasteiger partial charge in [-0.25, -0.2) is 0 Å². The van der Waals surface area contributed by atoms with Crippen molar-refractivity contribution in [2.75, 3.05) is 5.32 Å². The minimum atomic E-state index is -0.665. The number of hydrogen-bond donors (Lipinski definition) is 2. The molecule has 1 aliphatic carbocycles. The first kappa shape index (κ1) is 12.3. The zero-order chi connectivity index (χ0) is 13.3. The van der Waals surface area contributed by atoms with Crippen LogP contribution in [0.2, 0.25) is 0 Å². The van der Waals surface area contributed by atoms with Gasteiger partial charge in [0.2, 0.25) is 5.91 Å². The third kappa shape index (κ3) is 2.42. The highest BCUT2D eigenvalue weighted by molar-refractivity contribution is 5.94. The number of primary amides is 1. The van der Waals surface area contributed by atoms with Crippen molar-refractivity contribution >= 4 is 17.3 Å². The van der Waals surface area contributed by atoms with E-state index >= 15 is 0 Å². The maximum atomic E-state index is 11.0. The van der Waals surface area contributed by atoms with Gasteiger partial charge in [0.1, 0.15) is 5.69 Å². The van der Waals surface area contributed by atoms with E-state index in [1.165, 1.54) is 12.1 Å². The van der Waals surface area contributed by atoms with Gasteiger partial charge < -0.3 is 11.1 Å². The van der Waals surface area contributed by atoms with E-state index in [9.17, 15) is 14.9 Å². The number of nitro groups is 1. The molecule has 0 radical (unpaired) electrons. The quantitative estimate of drug-likeness (QED) is 0.629. The van der Waals surface area contributed by atoms with Crippen LogP contribution in [0.15, 0.2) is 18.2 Å². The van der Waals surface area contributed by atoms with Crippen molar-refractivity contribution in [3.05, 3.63) is 33.9 Å². The molecular weight excluding hydrogens is 234 g/mol. The second-order valence-corrected chi connectivity index (χ2v) is 4.77. The molecular formula is C12H15N3O3. The minimum Gasteiger partial charge on any atom is -0.377 e. The Labute approximate surface area is 104 Å². The largest absolute Gasteiger partial charge is 0.377 e. The summed E-state index contributed by atoms with van der Waals surface area (Å²) < 4.78 is 0. The Morgan fingerprint density at radius 3 is 2.67 bits per heavy atom. The second-order valence-electron chi connectivity index (χ2n) is 4.77. The molecule has 0 atom stereocenters. The lowest BCUT2D eigenvalue weighted by Crippen LogP contribution is -2.34. The van der Waals surface area contributed by atoms with Crippen LogP contribution in [-0.4, -0.2) is 16.9 Å². The zero-order valence-corrected chi connectivity index (χ0v) is 10.1. The molecule has 6 heteroatoms. The van der Waals surface area contributed by atoms with Crippen molar-refractivity contribution in [1.29, 1.82) is 0 Å². The molecule has 96 valence electrons. The Bertz CT molecular complexity index is 495. The van der Waals surface area contributed by atoms with E-state index in [0.717, 1.165) is 12.8 Å². The lowest BCUT2D eigenvalue weighted by Gasteiger charge is -2.33. The van der Waals surface area contributed by atoms with Crippen molar-refractivity contribution in [3.8, 4) is 0 Å². The van der Waals surface area contributed by atoms with E-state index in [0.29, 0.717) is 11.6 Å². The highest BCUT2D eigenvalue weighted by Gasteiger charge is 2.27. The van der Waals surface area contributed by atoms with Gasteiger partial charge in [-0.2, -0.15) is 0 Å².